The molecule has 0 unspecified atom stereocenters. The summed E-state index contributed by atoms with van der Waals surface area (Å²) in [7, 11) is 0. The minimum atomic E-state index is -0.839. The van der Waals surface area contributed by atoms with E-state index in [1.54, 1.807) is 6.07 Å². The van der Waals surface area contributed by atoms with Crippen LogP contribution in [0.25, 0.3) is 0 Å². The molecule has 114 valence electrons. The van der Waals surface area contributed by atoms with Gasteiger partial charge in [0.1, 0.15) is 5.82 Å². The number of nitrogens with one attached hydrogen (secondary N) is 2. The highest BCUT2D eigenvalue weighted by molar-refractivity contribution is 9.10. The van der Waals surface area contributed by atoms with Crippen molar-refractivity contribution in [2.75, 3.05) is 5.32 Å². The third-order valence-corrected chi connectivity index (χ3v) is 4.31. The molecule has 2 amide bonds. The van der Waals surface area contributed by atoms with Gasteiger partial charge in [-0.15, -0.1) is 0 Å². The summed E-state index contributed by atoms with van der Waals surface area (Å²) < 4.78 is 14.2. The van der Waals surface area contributed by atoms with Crippen LogP contribution in [-0.2, 0) is 9.59 Å². The molecule has 0 radical (unpaired) electrons. The van der Waals surface area contributed by atoms with Crippen LogP contribution in [0.4, 0.5) is 10.1 Å². The van der Waals surface area contributed by atoms with Crippen LogP contribution in [0.5, 0.6) is 0 Å². The molecule has 0 spiro atoms. The van der Waals surface area contributed by atoms with Crippen molar-refractivity contribution in [3.05, 3.63) is 28.5 Å². The zero-order valence-electron chi connectivity index (χ0n) is 11.8. The summed E-state index contributed by atoms with van der Waals surface area (Å²) in [5.74, 6) is -1.78. The maximum absolute atomic E-state index is 13.6. The van der Waals surface area contributed by atoms with Crippen molar-refractivity contribution < 1.29 is 14.0 Å². The van der Waals surface area contributed by atoms with Gasteiger partial charge in [-0.05, 0) is 37.0 Å². The lowest BCUT2D eigenvalue weighted by atomic mass is 9.86. The molecule has 1 aromatic carbocycles. The first-order valence-corrected chi connectivity index (χ1v) is 7.83. The standard InChI is InChI=1S/C15H18BrFN2O2/c1-9-4-2-3-5-12(9)18-14(20)15(21)19-13-7-6-10(16)8-11(13)17/h6-9,12H,2-5H2,1H3,(H,18,20)(H,19,21)/t9-,12+/m0/s1. The highest BCUT2D eigenvalue weighted by Gasteiger charge is 2.25. The minimum Gasteiger partial charge on any atom is -0.345 e. The van der Waals surface area contributed by atoms with Crippen LogP contribution in [-0.4, -0.2) is 17.9 Å². The van der Waals surface area contributed by atoms with Crippen molar-refractivity contribution in [1.29, 1.82) is 0 Å². The third kappa shape index (κ3) is 4.27. The average Bonchev–Trinajstić information content (AvgIpc) is 2.44. The normalized spacial score (nSPS) is 21.7. The zero-order chi connectivity index (χ0) is 15.4. The first-order chi connectivity index (χ1) is 9.97. The van der Waals surface area contributed by atoms with Gasteiger partial charge in [0.15, 0.2) is 0 Å². The second-order valence-corrected chi connectivity index (χ2v) is 6.34. The molecule has 2 rings (SSSR count). The number of hydrogen-bond donors (Lipinski definition) is 2. The first-order valence-electron chi connectivity index (χ1n) is 7.04. The first kappa shape index (κ1) is 15.9. The molecule has 2 N–H and O–H groups in total. The highest BCUT2D eigenvalue weighted by atomic mass is 79.9. The number of hydrogen-bond acceptors (Lipinski definition) is 2. The van der Waals surface area contributed by atoms with Crippen LogP contribution in [0.15, 0.2) is 22.7 Å². The van der Waals surface area contributed by atoms with Crippen molar-refractivity contribution in [2.45, 2.75) is 38.6 Å². The fraction of sp³-hybridized carbons (Fsp3) is 0.467. The van der Waals surface area contributed by atoms with E-state index in [4.69, 9.17) is 0 Å². The Hall–Kier alpha value is -1.43. The number of rotatable bonds is 2. The monoisotopic (exact) mass is 356 g/mol. The van der Waals surface area contributed by atoms with E-state index in [2.05, 4.69) is 33.5 Å². The Morgan fingerprint density at radius 3 is 2.62 bits per heavy atom. The average molecular weight is 357 g/mol. The van der Waals surface area contributed by atoms with Gasteiger partial charge in [-0.2, -0.15) is 0 Å². The van der Waals surface area contributed by atoms with E-state index in [0.717, 1.165) is 25.7 Å². The summed E-state index contributed by atoms with van der Waals surface area (Å²) in [4.78, 5) is 23.7. The highest BCUT2D eigenvalue weighted by Crippen LogP contribution is 2.24. The summed E-state index contributed by atoms with van der Waals surface area (Å²) in [6.45, 7) is 2.07. The van der Waals surface area contributed by atoms with Gasteiger partial charge in [-0.25, -0.2) is 4.39 Å². The van der Waals surface area contributed by atoms with Crippen LogP contribution in [0.2, 0.25) is 0 Å². The third-order valence-electron chi connectivity index (χ3n) is 3.81. The summed E-state index contributed by atoms with van der Waals surface area (Å²) >= 11 is 3.13. The predicted octanol–water partition coefficient (Wildman–Crippen LogP) is 3.22. The summed E-state index contributed by atoms with van der Waals surface area (Å²) in [6, 6.07) is 4.26. The van der Waals surface area contributed by atoms with Gasteiger partial charge in [-0.3, -0.25) is 9.59 Å². The Morgan fingerprint density at radius 2 is 1.95 bits per heavy atom. The van der Waals surface area contributed by atoms with Gasteiger partial charge in [0.25, 0.3) is 0 Å². The lowest BCUT2D eigenvalue weighted by Gasteiger charge is -2.29. The predicted molar refractivity (Wildman–Crippen MR) is 82.3 cm³/mol. The lowest BCUT2D eigenvalue weighted by molar-refractivity contribution is -0.137. The number of halogens is 2. The quantitative estimate of drug-likeness (QED) is 0.799. The molecule has 0 aliphatic heterocycles. The van der Waals surface area contributed by atoms with Crippen LogP contribution in [0, 0.1) is 11.7 Å². The van der Waals surface area contributed by atoms with E-state index in [0.29, 0.717) is 10.4 Å². The van der Waals surface area contributed by atoms with E-state index >= 15 is 0 Å². The maximum atomic E-state index is 13.6. The number of amides is 2. The van der Waals surface area contributed by atoms with Crippen molar-refractivity contribution in [1.82, 2.24) is 5.32 Å². The molecular weight excluding hydrogens is 339 g/mol. The Morgan fingerprint density at radius 1 is 1.24 bits per heavy atom. The SMILES string of the molecule is C[C@H]1CCCC[C@H]1NC(=O)C(=O)Nc1ccc(Br)cc1F. The van der Waals surface area contributed by atoms with Crippen LogP contribution in [0.3, 0.4) is 0 Å². The molecular formula is C15H18BrFN2O2. The zero-order valence-corrected chi connectivity index (χ0v) is 13.4. The second-order valence-electron chi connectivity index (χ2n) is 5.42. The number of benzene rings is 1. The summed E-state index contributed by atoms with van der Waals surface area (Å²) in [6.07, 6.45) is 4.14. The Bertz CT molecular complexity index is 550. The van der Waals surface area contributed by atoms with Crippen molar-refractivity contribution in [3.63, 3.8) is 0 Å². The molecule has 1 aromatic rings. The fourth-order valence-electron chi connectivity index (χ4n) is 2.53. The van der Waals surface area contributed by atoms with Gasteiger partial charge in [0.2, 0.25) is 0 Å². The van der Waals surface area contributed by atoms with Crippen molar-refractivity contribution >= 4 is 33.4 Å². The van der Waals surface area contributed by atoms with Gasteiger partial charge < -0.3 is 10.6 Å². The fourth-order valence-corrected chi connectivity index (χ4v) is 2.87. The van der Waals surface area contributed by atoms with Crippen molar-refractivity contribution in [3.8, 4) is 0 Å². The topological polar surface area (TPSA) is 58.2 Å². The molecule has 0 aromatic heterocycles. The molecule has 0 bridgehead atoms. The molecule has 0 heterocycles. The van der Waals surface area contributed by atoms with E-state index in [9.17, 15) is 14.0 Å². The van der Waals surface area contributed by atoms with E-state index < -0.39 is 17.6 Å². The Balaban J connectivity index is 1.94. The molecule has 1 fully saturated rings. The van der Waals surface area contributed by atoms with Crippen molar-refractivity contribution in [2.24, 2.45) is 5.92 Å². The second kappa shape index (κ2) is 7.02. The smallest absolute Gasteiger partial charge is 0.313 e. The van der Waals surface area contributed by atoms with Crippen LogP contribution < -0.4 is 10.6 Å². The number of anilines is 1. The van der Waals surface area contributed by atoms with E-state index in [1.165, 1.54) is 12.1 Å². The largest absolute Gasteiger partial charge is 0.345 e. The molecule has 2 atom stereocenters. The summed E-state index contributed by atoms with van der Waals surface area (Å²) in [5, 5.41) is 5.03. The Kier molecular flexibility index (Phi) is 5.33. The van der Waals surface area contributed by atoms with Gasteiger partial charge in [0, 0.05) is 10.5 Å². The van der Waals surface area contributed by atoms with Gasteiger partial charge >= 0.3 is 11.8 Å². The number of carbonyl (C=O) groups is 2. The summed E-state index contributed by atoms with van der Waals surface area (Å²) in [5.41, 5.74) is -0.00459. The van der Waals surface area contributed by atoms with Crippen LogP contribution >= 0.6 is 15.9 Å². The van der Waals surface area contributed by atoms with Gasteiger partial charge in [0.05, 0.1) is 5.69 Å². The van der Waals surface area contributed by atoms with E-state index in [-0.39, 0.29) is 11.7 Å². The Labute approximate surface area is 131 Å². The lowest BCUT2D eigenvalue weighted by Crippen LogP contribution is -2.45. The molecule has 1 saturated carbocycles. The molecule has 4 nitrogen and oxygen atoms in total. The minimum absolute atomic E-state index is 0.00459. The molecule has 6 heteroatoms. The van der Waals surface area contributed by atoms with Gasteiger partial charge in [-0.1, -0.05) is 35.7 Å². The molecule has 1 aliphatic carbocycles. The molecule has 0 saturated heterocycles. The van der Waals surface area contributed by atoms with E-state index in [1.807, 2.05) is 0 Å². The maximum Gasteiger partial charge on any atom is 0.313 e. The van der Waals surface area contributed by atoms with Crippen LogP contribution in [0.1, 0.15) is 32.6 Å². The number of carbonyl (C=O) groups excluding carboxylic acids is 2. The molecule has 21 heavy (non-hydrogen) atoms. The molecule has 1 aliphatic rings.